The van der Waals surface area contributed by atoms with E-state index < -0.39 is 48.4 Å². The molecule has 100 valence electrons. The molecule has 1 aromatic heterocycles. The van der Waals surface area contributed by atoms with E-state index in [9.17, 15) is 26.7 Å². The van der Waals surface area contributed by atoms with Crippen molar-refractivity contribution in [2.75, 3.05) is 0 Å². The van der Waals surface area contributed by atoms with Gasteiger partial charge in [0.15, 0.2) is 5.82 Å². The molecule has 0 saturated carbocycles. The molecule has 0 atom stereocenters. The lowest BCUT2D eigenvalue weighted by Crippen LogP contribution is -2.20. The number of carboxylic acid groups (broad SMARTS) is 1. The Bertz CT molecular complexity index is 460. The Morgan fingerprint density at radius 3 is 2.50 bits per heavy atom. The molecule has 0 saturated heterocycles. The van der Waals surface area contributed by atoms with Gasteiger partial charge >= 0.3 is 12.3 Å². The summed E-state index contributed by atoms with van der Waals surface area (Å²) in [5.74, 6) is -4.50. The number of ether oxygens (including phenoxy) is 1. The number of aliphatic carboxylic acids is 1. The van der Waals surface area contributed by atoms with E-state index in [1.54, 1.807) is 0 Å². The lowest BCUT2D eigenvalue weighted by Gasteiger charge is -2.11. The Kier molecular flexibility index (Phi) is 4.04. The smallest absolute Gasteiger partial charge is 0.481 e. The summed E-state index contributed by atoms with van der Waals surface area (Å²) >= 11 is 0. The summed E-state index contributed by atoms with van der Waals surface area (Å²) in [7, 11) is 0. The largest absolute Gasteiger partial charge is 0.574 e. The summed E-state index contributed by atoms with van der Waals surface area (Å²) in [4.78, 5) is 13.4. The van der Waals surface area contributed by atoms with Gasteiger partial charge in [-0.25, -0.2) is 13.8 Å². The molecule has 0 amide bonds. The molecule has 0 spiro atoms. The molecule has 0 fully saturated rings. The predicted octanol–water partition coefficient (Wildman–Crippen LogP) is 2.22. The highest BCUT2D eigenvalue weighted by Crippen LogP contribution is 2.26. The van der Waals surface area contributed by atoms with E-state index in [0.29, 0.717) is 0 Å². The van der Waals surface area contributed by atoms with Crippen LogP contribution in [0.15, 0.2) is 6.07 Å². The molecule has 0 aliphatic rings. The van der Waals surface area contributed by atoms with Crippen molar-refractivity contribution in [2.24, 2.45) is 0 Å². The van der Waals surface area contributed by atoms with E-state index in [1.807, 2.05) is 0 Å². The van der Waals surface area contributed by atoms with Gasteiger partial charge in [-0.05, 0) is 6.07 Å². The summed E-state index contributed by atoms with van der Waals surface area (Å²) in [5.41, 5.74) is -1.18. The molecule has 9 heteroatoms. The van der Waals surface area contributed by atoms with Gasteiger partial charge in [0.2, 0.25) is 0 Å². The van der Waals surface area contributed by atoms with Crippen molar-refractivity contribution in [3.8, 4) is 5.88 Å². The molecule has 1 rings (SSSR count). The zero-order chi connectivity index (χ0) is 13.9. The fourth-order valence-corrected chi connectivity index (χ4v) is 1.13. The maximum Gasteiger partial charge on any atom is 0.574 e. The van der Waals surface area contributed by atoms with Crippen molar-refractivity contribution < 1.29 is 36.6 Å². The van der Waals surface area contributed by atoms with Crippen molar-refractivity contribution in [2.45, 2.75) is 19.5 Å². The van der Waals surface area contributed by atoms with Crippen LogP contribution in [-0.4, -0.2) is 22.4 Å². The van der Waals surface area contributed by atoms with Crippen LogP contribution >= 0.6 is 0 Å². The van der Waals surface area contributed by atoms with Crippen LogP contribution in [0.1, 0.15) is 11.3 Å². The fraction of sp³-hybridized carbons (Fsp3) is 0.333. The molecule has 18 heavy (non-hydrogen) atoms. The molecule has 1 N–H and O–H groups in total. The van der Waals surface area contributed by atoms with Crippen LogP contribution in [0.3, 0.4) is 0 Å². The quantitative estimate of drug-likeness (QED) is 0.853. The van der Waals surface area contributed by atoms with Crippen LogP contribution in [0.4, 0.5) is 22.0 Å². The van der Waals surface area contributed by atoms with Crippen LogP contribution in [0.5, 0.6) is 5.88 Å². The summed E-state index contributed by atoms with van der Waals surface area (Å²) < 4.78 is 64.6. The molecule has 0 bridgehead atoms. The summed E-state index contributed by atoms with van der Waals surface area (Å²) in [6.45, 7) is -1.41. The van der Waals surface area contributed by atoms with E-state index in [0.717, 1.165) is 6.07 Å². The fourth-order valence-electron chi connectivity index (χ4n) is 1.13. The molecule has 0 radical (unpaired) electrons. The van der Waals surface area contributed by atoms with Crippen molar-refractivity contribution >= 4 is 5.97 Å². The van der Waals surface area contributed by atoms with Crippen molar-refractivity contribution in [3.05, 3.63) is 23.1 Å². The number of carboxylic acids is 1. The maximum absolute atomic E-state index is 13.2. The highest BCUT2D eigenvalue weighted by molar-refractivity contribution is 5.69. The average Bonchev–Trinajstić information content (AvgIpc) is 2.19. The second-order valence-corrected chi connectivity index (χ2v) is 3.14. The van der Waals surface area contributed by atoms with E-state index in [2.05, 4.69) is 9.72 Å². The first-order valence-electron chi connectivity index (χ1n) is 4.44. The third-order valence-electron chi connectivity index (χ3n) is 1.74. The Labute approximate surface area is 97.0 Å². The Hall–Kier alpha value is -1.93. The van der Waals surface area contributed by atoms with Crippen LogP contribution in [0.25, 0.3) is 0 Å². The summed E-state index contributed by atoms with van der Waals surface area (Å²) in [6.07, 6.45) is -5.98. The van der Waals surface area contributed by atoms with Crippen molar-refractivity contribution in [1.82, 2.24) is 4.98 Å². The Balaban J connectivity index is 3.18. The third kappa shape index (κ3) is 3.82. The van der Waals surface area contributed by atoms with Crippen LogP contribution in [-0.2, 0) is 17.9 Å². The standard InChI is InChI=1S/C9H6F5NO3/c10-3-4-1-5(2-6(16)17)15-8(7(4)11)18-9(12,13)14/h1H,2-3H2,(H,16,17). The first-order valence-corrected chi connectivity index (χ1v) is 4.44. The first kappa shape index (κ1) is 14.1. The van der Waals surface area contributed by atoms with Gasteiger partial charge in [-0.15, -0.1) is 13.2 Å². The number of rotatable bonds is 4. The molecule has 0 aliphatic heterocycles. The van der Waals surface area contributed by atoms with Gasteiger partial charge in [0.1, 0.15) is 6.67 Å². The van der Waals surface area contributed by atoms with E-state index in [1.165, 1.54) is 0 Å². The minimum absolute atomic E-state index is 0.434. The van der Waals surface area contributed by atoms with Crippen LogP contribution in [0, 0.1) is 5.82 Å². The van der Waals surface area contributed by atoms with Crippen molar-refractivity contribution in [1.29, 1.82) is 0 Å². The minimum Gasteiger partial charge on any atom is -0.481 e. The number of hydrogen-bond acceptors (Lipinski definition) is 3. The predicted molar refractivity (Wildman–Crippen MR) is 47.0 cm³/mol. The van der Waals surface area contributed by atoms with Gasteiger partial charge in [-0.3, -0.25) is 4.79 Å². The number of hydrogen-bond donors (Lipinski definition) is 1. The monoisotopic (exact) mass is 271 g/mol. The summed E-state index contributed by atoms with van der Waals surface area (Å²) in [5, 5.41) is 8.43. The maximum atomic E-state index is 13.2. The minimum atomic E-state index is -5.21. The molecule has 1 heterocycles. The van der Waals surface area contributed by atoms with Gasteiger partial charge < -0.3 is 9.84 Å². The molecule has 0 aromatic carbocycles. The van der Waals surface area contributed by atoms with Gasteiger partial charge in [-0.1, -0.05) is 0 Å². The number of aromatic nitrogens is 1. The van der Waals surface area contributed by atoms with Crippen molar-refractivity contribution in [3.63, 3.8) is 0 Å². The first-order chi connectivity index (χ1) is 8.23. The van der Waals surface area contributed by atoms with Gasteiger partial charge in [0.05, 0.1) is 12.1 Å². The zero-order valence-electron chi connectivity index (χ0n) is 8.59. The topological polar surface area (TPSA) is 59.4 Å². The van der Waals surface area contributed by atoms with E-state index in [-0.39, 0.29) is 0 Å². The Morgan fingerprint density at radius 2 is 2.06 bits per heavy atom. The van der Waals surface area contributed by atoms with Crippen LogP contribution < -0.4 is 4.74 Å². The van der Waals surface area contributed by atoms with E-state index >= 15 is 0 Å². The highest BCUT2D eigenvalue weighted by Gasteiger charge is 2.34. The number of alkyl halides is 4. The molecule has 0 aliphatic carbocycles. The number of carbonyl (C=O) groups is 1. The lowest BCUT2D eigenvalue weighted by atomic mass is 10.2. The highest BCUT2D eigenvalue weighted by atomic mass is 19.4. The molecular weight excluding hydrogens is 265 g/mol. The zero-order valence-corrected chi connectivity index (χ0v) is 8.59. The van der Waals surface area contributed by atoms with E-state index in [4.69, 9.17) is 5.11 Å². The average molecular weight is 271 g/mol. The second kappa shape index (κ2) is 5.15. The number of nitrogens with zero attached hydrogens (tertiary/aromatic N) is 1. The molecule has 1 aromatic rings. The SMILES string of the molecule is O=C(O)Cc1cc(CF)c(F)c(OC(F)(F)F)n1. The number of pyridine rings is 1. The Morgan fingerprint density at radius 1 is 1.44 bits per heavy atom. The third-order valence-corrected chi connectivity index (χ3v) is 1.74. The second-order valence-electron chi connectivity index (χ2n) is 3.14. The van der Waals surface area contributed by atoms with Crippen LogP contribution in [0.2, 0.25) is 0 Å². The van der Waals surface area contributed by atoms with Gasteiger partial charge in [0, 0.05) is 5.56 Å². The number of halogens is 5. The summed E-state index contributed by atoms with van der Waals surface area (Å²) in [6, 6.07) is 0.729. The molecule has 0 unspecified atom stereocenters. The normalized spacial score (nSPS) is 11.4. The van der Waals surface area contributed by atoms with Gasteiger partial charge in [-0.2, -0.15) is 0 Å². The lowest BCUT2D eigenvalue weighted by molar-refractivity contribution is -0.277. The molecular formula is C9H6F5NO3. The molecule has 4 nitrogen and oxygen atoms in total. The van der Waals surface area contributed by atoms with Gasteiger partial charge in [0.25, 0.3) is 5.88 Å².